The molecule has 7 nitrogen and oxygen atoms in total. The lowest BCUT2D eigenvalue weighted by molar-refractivity contribution is 0.266. The second-order valence-corrected chi connectivity index (χ2v) is 8.68. The highest BCUT2D eigenvalue weighted by molar-refractivity contribution is 7.91. The number of benzene rings is 2. The first-order chi connectivity index (χ1) is 13.9. The van der Waals surface area contributed by atoms with Crippen LogP contribution in [0.15, 0.2) is 70.6 Å². The molecule has 0 radical (unpaired) electrons. The molecule has 0 fully saturated rings. The van der Waals surface area contributed by atoms with Gasteiger partial charge >= 0.3 is 0 Å². The first kappa shape index (κ1) is 20.9. The fourth-order valence-electron chi connectivity index (χ4n) is 2.77. The average Bonchev–Trinajstić information content (AvgIpc) is 3.17. The standard InChI is InChI=1S/C21H25N3O4S/c1-23(2)14-7-15-28-21-20(16-24(22-21)17-8-5-4-6-9-17)29(25,26)19-12-10-18(27-3)11-13-19/h4-6,8-13,16H,7,14-15H2,1-3H3. The van der Waals surface area contributed by atoms with Crippen molar-refractivity contribution in [1.29, 1.82) is 0 Å². The van der Waals surface area contributed by atoms with Crippen molar-refractivity contribution in [2.24, 2.45) is 0 Å². The molecular weight excluding hydrogens is 390 g/mol. The van der Waals surface area contributed by atoms with E-state index in [2.05, 4.69) is 5.10 Å². The molecule has 0 N–H and O–H groups in total. The highest BCUT2D eigenvalue weighted by Crippen LogP contribution is 2.30. The van der Waals surface area contributed by atoms with Gasteiger partial charge in [-0.25, -0.2) is 13.1 Å². The van der Waals surface area contributed by atoms with Crippen molar-refractivity contribution in [3.05, 3.63) is 60.8 Å². The van der Waals surface area contributed by atoms with Crippen molar-refractivity contribution in [3.63, 3.8) is 0 Å². The minimum atomic E-state index is -3.81. The van der Waals surface area contributed by atoms with Crippen molar-refractivity contribution in [1.82, 2.24) is 14.7 Å². The molecule has 1 aromatic heterocycles. The van der Waals surface area contributed by atoms with Gasteiger partial charge in [0.15, 0.2) is 4.90 Å². The van der Waals surface area contributed by atoms with Gasteiger partial charge < -0.3 is 14.4 Å². The normalized spacial score (nSPS) is 11.6. The molecule has 3 aromatic rings. The fourth-order valence-corrected chi connectivity index (χ4v) is 4.09. The van der Waals surface area contributed by atoms with Crippen LogP contribution >= 0.6 is 0 Å². The Labute approximate surface area is 171 Å². The third kappa shape index (κ3) is 4.96. The molecule has 2 aromatic carbocycles. The van der Waals surface area contributed by atoms with E-state index >= 15 is 0 Å². The molecule has 29 heavy (non-hydrogen) atoms. The SMILES string of the molecule is COc1ccc(S(=O)(=O)c2cn(-c3ccccc3)nc2OCCCN(C)C)cc1. The summed E-state index contributed by atoms with van der Waals surface area (Å²) in [5, 5.41) is 4.40. The summed E-state index contributed by atoms with van der Waals surface area (Å²) >= 11 is 0. The number of nitrogens with zero attached hydrogens (tertiary/aromatic N) is 3. The topological polar surface area (TPSA) is 73.7 Å². The zero-order chi connectivity index (χ0) is 20.9. The number of sulfone groups is 1. The van der Waals surface area contributed by atoms with Crippen molar-refractivity contribution >= 4 is 9.84 Å². The molecule has 0 unspecified atom stereocenters. The maximum Gasteiger partial charge on any atom is 0.252 e. The van der Waals surface area contributed by atoms with Crippen molar-refractivity contribution in [2.75, 3.05) is 34.4 Å². The predicted octanol–water partition coefficient (Wildman–Crippen LogP) is 3.04. The van der Waals surface area contributed by atoms with Gasteiger partial charge in [-0.1, -0.05) is 18.2 Å². The van der Waals surface area contributed by atoms with Gasteiger partial charge in [0.05, 0.1) is 30.5 Å². The summed E-state index contributed by atoms with van der Waals surface area (Å²) in [7, 11) is 1.68. The Morgan fingerprint density at radius 2 is 1.72 bits per heavy atom. The molecule has 0 aliphatic heterocycles. The van der Waals surface area contributed by atoms with Crippen LogP contribution in [0.4, 0.5) is 0 Å². The highest BCUT2D eigenvalue weighted by atomic mass is 32.2. The Hall–Kier alpha value is -2.84. The van der Waals surface area contributed by atoms with Crippen LogP contribution in [0.3, 0.4) is 0 Å². The van der Waals surface area contributed by atoms with Crippen molar-refractivity contribution in [2.45, 2.75) is 16.2 Å². The van der Waals surface area contributed by atoms with Gasteiger partial charge in [-0.2, -0.15) is 0 Å². The molecule has 0 amide bonds. The van der Waals surface area contributed by atoms with E-state index in [0.717, 1.165) is 18.7 Å². The number of hydrogen-bond acceptors (Lipinski definition) is 6. The number of methoxy groups -OCH3 is 1. The van der Waals surface area contributed by atoms with Gasteiger partial charge in [-0.15, -0.1) is 5.10 Å². The summed E-state index contributed by atoms with van der Waals surface area (Å²) in [6.45, 7) is 1.20. The van der Waals surface area contributed by atoms with Crippen LogP contribution in [0.1, 0.15) is 6.42 Å². The number of ether oxygens (including phenoxy) is 2. The Morgan fingerprint density at radius 1 is 1.03 bits per heavy atom. The molecule has 0 bridgehead atoms. The van der Waals surface area contributed by atoms with Gasteiger partial charge in [0.2, 0.25) is 9.84 Å². The summed E-state index contributed by atoms with van der Waals surface area (Å²) in [5.41, 5.74) is 0.752. The van der Waals surface area contributed by atoms with Gasteiger partial charge in [0, 0.05) is 6.54 Å². The zero-order valence-corrected chi connectivity index (χ0v) is 17.6. The molecule has 154 valence electrons. The van der Waals surface area contributed by atoms with E-state index in [1.54, 1.807) is 12.1 Å². The Balaban J connectivity index is 1.96. The van der Waals surface area contributed by atoms with Crippen LogP contribution in [0.5, 0.6) is 11.6 Å². The van der Waals surface area contributed by atoms with Crippen LogP contribution in [-0.2, 0) is 9.84 Å². The largest absolute Gasteiger partial charge is 0.497 e. The number of rotatable bonds is 9. The molecule has 0 saturated heterocycles. The lowest BCUT2D eigenvalue weighted by atomic mass is 10.3. The molecule has 0 atom stereocenters. The molecule has 0 aliphatic carbocycles. The van der Waals surface area contributed by atoms with Crippen molar-refractivity contribution in [3.8, 4) is 17.3 Å². The van der Waals surface area contributed by atoms with Crippen LogP contribution in [0, 0.1) is 0 Å². The van der Waals surface area contributed by atoms with Gasteiger partial charge in [0.1, 0.15) is 5.75 Å². The first-order valence-electron chi connectivity index (χ1n) is 9.23. The number of para-hydroxylation sites is 1. The van der Waals surface area contributed by atoms with E-state index in [9.17, 15) is 8.42 Å². The Kier molecular flexibility index (Phi) is 6.56. The minimum absolute atomic E-state index is 0.0383. The summed E-state index contributed by atoms with van der Waals surface area (Å²) in [5.74, 6) is 0.688. The van der Waals surface area contributed by atoms with E-state index in [1.807, 2.05) is 49.3 Å². The second kappa shape index (κ2) is 9.11. The van der Waals surface area contributed by atoms with Crippen LogP contribution in [-0.4, -0.2) is 57.5 Å². The maximum absolute atomic E-state index is 13.3. The number of hydrogen-bond donors (Lipinski definition) is 0. The predicted molar refractivity (Wildman–Crippen MR) is 111 cm³/mol. The molecule has 0 spiro atoms. The molecule has 0 aliphatic rings. The van der Waals surface area contributed by atoms with E-state index in [0.29, 0.717) is 12.4 Å². The van der Waals surface area contributed by atoms with E-state index in [-0.39, 0.29) is 15.7 Å². The third-order valence-electron chi connectivity index (χ3n) is 4.32. The van der Waals surface area contributed by atoms with Gasteiger partial charge in [0.25, 0.3) is 5.88 Å². The third-order valence-corrected chi connectivity index (χ3v) is 6.07. The van der Waals surface area contributed by atoms with E-state index < -0.39 is 9.84 Å². The summed E-state index contributed by atoms with van der Waals surface area (Å²) in [4.78, 5) is 2.24. The van der Waals surface area contributed by atoms with Crippen molar-refractivity contribution < 1.29 is 17.9 Å². The summed E-state index contributed by atoms with van der Waals surface area (Å²) in [6, 6.07) is 15.6. The van der Waals surface area contributed by atoms with Crippen LogP contribution < -0.4 is 9.47 Å². The van der Waals surface area contributed by atoms with E-state index in [1.165, 1.54) is 30.1 Å². The zero-order valence-electron chi connectivity index (χ0n) is 16.8. The van der Waals surface area contributed by atoms with Gasteiger partial charge in [-0.3, -0.25) is 0 Å². The lowest BCUT2D eigenvalue weighted by Gasteiger charge is -2.10. The fraction of sp³-hybridized carbons (Fsp3) is 0.286. The smallest absolute Gasteiger partial charge is 0.252 e. The monoisotopic (exact) mass is 415 g/mol. The van der Waals surface area contributed by atoms with Crippen LogP contribution in [0.25, 0.3) is 5.69 Å². The highest BCUT2D eigenvalue weighted by Gasteiger charge is 2.26. The summed E-state index contributed by atoms with van der Waals surface area (Å²) in [6.07, 6.45) is 2.25. The lowest BCUT2D eigenvalue weighted by Crippen LogP contribution is -2.16. The quantitative estimate of drug-likeness (QED) is 0.500. The second-order valence-electron chi connectivity index (χ2n) is 6.76. The maximum atomic E-state index is 13.3. The molecule has 0 saturated carbocycles. The Morgan fingerprint density at radius 3 is 2.34 bits per heavy atom. The molecule has 3 rings (SSSR count). The molecule has 1 heterocycles. The number of aromatic nitrogens is 2. The minimum Gasteiger partial charge on any atom is -0.497 e. The average molecular weight is 416 g/mol. The van der Waals surface area contributed by atoms with E-state index in [4.69, 9.17) is 9.47 Å². The van der Waals surface area contributed by atoms with Crippen LogP contribution in [0.2, 0.25) is 0 Å². The first-order valence-corrected chi connectivity index (χ1v) is 10.7. The van der Waals surface area contributed by atoms with Gasteiger partial charge in [-0.05, 0) is 56.9 Å². The summed E-state index contributed by atoms with van der Waals surface area (Å²) < 4.78 is 38.9. The molecule has 8 heteroatoms. The Bertz CT molecular complexity index is 1030. The molecular formula is C21H25N3O4S.